The summed E-state index contributed by atoms with van der Waals surface area (Å²) in [6.45, 7) is 3.16. The van der Waals surface area contributed by atoms with Gasteiger partial charge in [-0.2, -0.15) is 0 Å². The molecule has 0 unspecified atom stereocenters. The number of nitrogens with zero attached hydrogens (tertiary/aromatic N) is 4. The number of anilines is 1. The highest BCUT2D eigenvalue weighted by molar-refractivity contribution is 8.22. The lowest BCUT2D eigenvalue weighted by atomic mass is 10.1. The average molecular weight is 420 g/mol. The van der Waals surface area contributed by atoms with Crippen LogP contribution in [0.4, 0.5) is 10.2 Å². The Morgan fingerprint density at radius 3 is 2.66 bits per heavy atom. The molecular formula is C20H26FN5O2S. The minimum absolute atomic E-state index is 0.0518. The van der Waals surface area contributed by atoms with Gasteiger partial charge >= 0.3 is 0 Å². The maximum Gasteiger partial charge on any atom is 0.152 e. The van der Waals surface area contributed by atoms with E-state index in [2.05, 4.69) is 19.6 Å². The quantitative estimate of drug-likeness (QED) is 0.579. The van der Waals surface area contributed by atoms with E-state index < -0.39 is 16.6 Å². The van der Waals surface area contributed by atoms with Gasteiger partial charge in [-0.3, -0.25) is 9.11 Å². The van der Waals surface area contributed by atoms with Gasteiger partial charge in [-0.1, -0.05) is 12.1 Å². The Bertz CT molecular complexity index is 1020. The van der Waals surface area contributed by atoms with Crippen LogP contribution in [0.3, 0.4) is 0 Å². The summed E-state index contributed by atoms with van der Waals surface area (Å²) in [4.78, 5) is 11.0. The third kappa shape index (κ3) is 4.09. The van der Waals surface area contributed by atoms with Crippen molar-refractivity contribution in [3.8, 4) is 11.4 Å². The van der Waals surface area contributed by atoms with Crippen molar-refractivity contribution in [1.82, 2.24) is 19.3 Å². The zero-order chi connectivity index (χ0) is 20.6. The lowest BCUT2D eigenvalue weighted by molar-refractivity contribution is 0.417. The minimum atomic E-state index is -2.71. The van der Waals surface area contributed by atoms with Crippen LogP contribution in [0, 0.1) is 5.82 Å². The van der Waals surface area contributed by atoms with Crippen molar-refractivity contribution in [3.63, 3.8) is 0 Å². The molecule has 0 saturated carbocycles. The molecule has 1 saturated heterocycles. The first-order chi connectivity index (χ1) is 13.9. The number of para-hydroxylation sites is 2. The number of hydrogen-bond acceptors (Lipinski definition) is 6. The molecule has 1 fully saturated rings. The van der Waals surface area contributed by atoms with Gasteiger partial charge in [-0.25, -0.2) is 19.1 Å². The van der Waals surface area contributed by atoms with Gasteiger partial charge in [0.1, 0.15) is 11.6 Å². The van der Waals surface area contributed by atoms with Crippen LogP contribution in [-0.4, -0.2) is 48.5 Å². The molecule has 29 heavy (non-hydrogen) atoms. The van der Waals surface area contributed by atoms with E-state index in [-0.39, 0.29) is 6.04 Å². The summed E-state index contributed by atoms with van der Waals surface area (Å²) >= 11 is 0. The number of hydrogen-bond donors (Lipinski definition) is 3. The van der Waals surface area contributed by atoms with Crippen molar-refractivity contribution in [1.29, 1.82) is 0 Å². The molecule has 3 N–H and O–H groups in total. The SMILES string of the molecule is CCS(O)(O)NC1CCN(c2cc(-c3nc4ccccc4n3C)c(F)cn2)CC1. The van der Waals surface area contributed by atoms with E-state index in [0.717, 1.165) is 23.9 Å². The number of imidazole rings is 1. The first-order valence-corrected chi connectivity index (χ1v) is 11.4. The summed E-state index contributed by atoms with van der Waals surface area (Å²) in [7, 11) is -0.830. The Labute approximate surface area is 171 Å². The Morgan fingerprint density at radius 2 is 1.97 bits per heavy atom. The van der Waals surface area contributed by atoms with Crippen LogP contribution in [0.15, 0.2) is 36.5 Å². The van der Waals surface area contributed by atoms with Crippen molar-refractivity contribution in [3.05, 3.63) is 42.3 Å². The van der Waals surface area contributed by atoms with Crippen molar-refractivity contribution in [2.24, 2.45) is 7.05 Å². The number of halogens is 1. The molecule has 4 rings (SSSR count). The second-order valence-electron chi connectivity index (χ2n) is 7.34. The Hall–Kier alpha value is -2.20. The molecule has 0 atom stereocenters. The molecule has 0 amide bonds. The van der Waals surface area contributed by atoms with Gasteiger partial charge < -0.3 is 9.47 Å². The van der Waals surface area contributed by atoms with Crippen LogP contribution in [-0.2, 0) is 7.05 Å². The Balaban J connectivity index is 1.56. The second-order valence-corrected chi connectivity index (χ2v) is 9.49. The number of fused-ring (bicyclic) bond motifs is 1. The average Bonchev–Trinajstić information content (AvgIpc) is 3.05. The van der Waals surface area contributed by atoms with Crippen molar-refractivity contribution in [2.45, 2.75) is 25.8 Å². The summed E-state index contributed by atoms with van der Waals surface area (Å²) in [5, 5.41) is 0. The molecule has 7 nitrogen and oxygen atoms in total. The van der Waals surface area contributed by atoms with Crippen LogP contribution in [0.5, 0.6) is 0 Å². The van der Waals surface area contributed by atoms with Gasteiger partial charge in [0.2, 0.25) is 0 Å². The summed E-state index contributed by atoms with van der Waals surface area (Å²) < 4.78 is 39.2. The largest absolute Gasteiger partial charge is 0.356 e. The predicted octanol–water partition coefficient (Wildman–Crippen LogP) is 4.02. The zero-order valence-corrected chi connectivity index (χ0v) is 17.4. The number of benzene rings is 1. The minimum Gasteiger partial charge on any atom is -0.356 e. The molecule has 0 radical (unpaired) electrons. The van der Waals surface area contributed by atoms with E-state index in [4.69, 9.17) is 0 Å². The molecule has 1 aliphatic rings. The van der Waals surface area contributed by atoms with E-state index in [1.807, 2.05) is 35.9 Å². The zero-order valence-electron chi connectivity index (χ0n) is 16.5. The predicted molar refractivity (Wildman–Crippen MR) is 116 cm³/mol. The monoisotopic (exact) mass is 419 g/mol. The normalized spacial score (nSPS) is 16.5. The number of nitrogens with one attached hydrogen (secondary N) is 1. The highest BCUT2D eigenvalue weighted by Crippen LogP contribution is 2.35. The summed E-state index contributed by atoms with van der Waals surface area (Å²) in [5.41, 5.74) is 2.20. The van der Waals surface area contributed by atoms with Crippen molar-refractivity contribution >= 4 is 27.6 Å². The summed E-state index contributed by atoms with van der Waals surface area (Å²) in [6.07, 6.45) is 2.77. The third-order valence-electron chi connectivity index (χ3n) is 5.45. The van der Waals surface area contributed by atoms with Crippen LogP contribution in [0.1, 0.15) is 19.8 Å². The van der Waals surface area contributed by atoms with E-state index in [1.54, 1.807) is 13.0 Å². The second kappa shape index (κ2) is 7.91. The number of rotatable bonds is 5. The molecule has 0 spiro atoms. The van der Waals surface area contributed by atoms with Gasteiger partial charge in [-0.05, 0) is 38.0 Å². The highest BCUT2D eigenvalue weighted by atomic mass is 32.3. The molecule has 1 aliphatic heterocycles. The van der Waals surface area contributed by atoms with Gasteiger partial charge in [0, 0.05) is 31.9 Å². The Morgan fingerprint density at radius 1 is 1.24 bits per heavy atom. The van der Waals surface area contributed by atoms with E-state index in [9.17, 15) is 13.5 Å². The highest BCUT2D eigenvalue weighted by Gasteiger charge is 2.25. The number of aryl methyl sites for hydroxylation is 1. The fraction of sp³-hybridized carbons (Fsp3) is 0.400. The fourth-order valence-corrected chi connectivity index (χ4v) is 4.67. The third-order valence-corrected chi connectivity index (χ3v) is 6.96. The maximum absolute atomic E-state index is 14.6. The van der Waals surface area contributed by atoms with Crippen molar-refractivity contribution in [2.75, 3.05) is 23.7 Å². The topological polar surface area (TPSA) is 86.4 Å². The molecule has 156 valence electrons. The smallest absolute Gasteiger partial charge is 0.152 e. The first kappa shape index (κ1) is 20.1. The number of pyridine rings is 1. The van der Waals surface area contributed by atoms with Gasteiger partial charge in [0.05, 0.1) is 22.8 Å². The van der Waals surface area contributed by atoms with Crippen molar-refractivity contribution < 1.29 is 13.5 Å². The molecule has 3 aromatic rings. The van der Waals surface area contributed by atoms with Crippen LogP contribution < -0.4 is 9.62 Å². The van der Waals surface area contributed by atoms with Crippen LogP contribution in [0.2, 0.25) is 0 Å². The van der Waals surface area contributed by atoms with Gasteiger partial charge in [0.25, 0.3) is 0 Å². The van der Waals surface area contributed by atoms with E-state index >= 15 is 0 Å². The molecule has 3 heterocycles. The summed E-state index contributed by atoms with van der Waals surface area (Å²) in [5.74, 6) is 1.17. The van der Waals surface area contributed by atoms with E-state index in [0.29, 0.717) is 36.0 Å². The summed E-state index contributed by atoms with van der Waals surface area (Å²) in [6, 6.07) is 9.54. The maximum atomic E-state index is 14.6. The molecule has 2 aromatic heterocycles. The standard InChI is InChI=1S/C20H26FN5O2S/c1-3-29(27,28)24-14-8-10-26(11-9-14)19-12-15(16(21)13-22-19)20-23-17-6-4-5-7-18(17)25(20)2/h4-7,12-14,24,27-28H,3,8-11H2,1-2H3. The molecular weight excluding hydrogens is 393 g/mol. The Kier molecular flexibility index (Phi) is 5.48. The lowest BCUT2D eigenvalue weighted by Gasteiger charge is -2.40. The van der Waals surface area contributed by atoms with Gasteiger partial charge in [-0.15, -0.1) is 10.8 Å². The van der Waals surface area contributed by atoms with Crippen LogP contribution >= 0.6 is 10.8 Å². The first-order valence-electron chi connectivity index (χ1n) is 9.73. The molecule has 1 aromatic carbocycles. The number of aromatic nitrogens is 3. The van der Waals surface area contributed by atoms with Gasteiger partial charge in [0.15, 0.2) is 5.82 Å². The molecule has 9 heteroatoms. The number of piperidine rings is 1. The van der Waals surface area contributed by atoms with E-state index in [1.165, 1.54) is 6.20 Å². The fourth-order valence-electron chi connectivity index (χ4n) is 3.74. The lowest BCUT2D eigenvalue weighted by Crippen LogP contribution is -2.43. The molecule has 0 aliphatic carbocycles. The molecule has 0 bridgehead atoms. The van der Waals surface area contributed by atoms with Crippen LogP contribution in [0.25, 0.3) is 22.4 Å².